The third-order valence-corrected chi connectivity index (χ3v) is 4.91. The van der Waals surface area contributed by atoms with Crippen LogP contribution in [0.25, 0.3) is 10.9 Å². The van der Waals surface area contributed by atoms with Gasteiger partial charge in [-0.2, -0.15) is 0 Å². The Bertz CT molecular complexity index is 1030. The summed E-state index contributed by atoms with van der Waals surface area (Å²) in [6.07, 6.45) is 0.251. The first kappa shape index (κ1) is 18.0. The molecule has 1 aliphatic rings. The molecule has 144 valence electrons. The predicted molar refractivity (Wildman–Crippen MR) is 103 cm³/mol. The lowest BCUT2D eigenvalue weighted by Gasteiger charge is -2.17. The van der Waals surface area contributed by atoms with Crippen molar-refractivity contribution in [2.45, 2.75) is 19.0 Å². The molecule has 2 N–H and O–H groups in total. The number of halogens is 1. The number of hydrogen-bond acceptors (Lipinski definition) is 3. The minimum atomic E-state index is -0.308. The Balaban J connectivity index is 1.41. The Kier molecular flexibility index (Phi) is 4.73. The monoisotopic (exact) mass is 381 g/mol. The second-order valence-corrected chi connectivity index (χ2v) is 6.91. The highest BCUT2D eigenvalue weighted by molar-refractivity contribution is 5.98. The lowest BCUT2D eigenvalue weighted by molar-refractivity contribution is -0.128. The third-order valence-electron chi connectivity index (χ3n) is 4.91. The van der Waals surface area contributed by atoms with Crippen molar-refractivity contribution < 1.29 is 18.7 Å². The second-order valence-electron chi connectivity index (χ2n) is 6.91. The summed E-state index contributed by atoms with van der Waals surface area (Å²) in [5, 5.41) is 3.80. The van der Waals surface area contributed by atoms with Crippen LogP contribution >= 0.6 is 0 Å². The number of fused-ring (bicyclic) bond motifs is 1. The van der Waals surface area contributed by atoms with Gasteiger partial charge < -0.3 is 19.9 Å². The van der Waals surface area contributed by atoms with Crippen molar-refractivity contribution in [3.05, 3.63) is 65.6 Å². The van der Waals surface area contributed by atoms with Gasteiger partial charge in [0.05, 0.1) is 13.2 Å². The number of aromatic amines is 1. The first-order valence-electron chi connectivity index (χ1n) is 9.01. The van der Waals surface area contributed by atoms with Crippen molar-refractivity contribution in [2.24, 2.45) is 0 Å². The molecule has 1 fully saturated rings. The van der Waals surface area contributed by atoms with E-state index in [1.54, 1.807) is 30.2 Å². The molecular formula is C21H20FN3O3. The van der Waals surface area contributed by atoms with E-state index in [1.165, 1.54) is 12.1 Å². The van der Waals surface area contributed by atoms with Crippen LogP contribution in [-0.4, -0.2) is 41.4 Å². The molecule has 7 heteroatoms. The van der Waals surface area contributed by atoms with E-state index in [0.29, 0.717) is 18.8 Å². The number of hydrogen-bond donors (Lipinski definition) is 2. The minimum Gasteiger partial charge on any atom is -0.497 e. The van der Waals surface area contributed by atoms with Gasteiger partial charge in [-0.25, -0.2) is 4.39 Å². The number of likely N-dealkylation sites (tertiary alicyclic amines) is 1. The van der Waals surface area contributed by atoms with Crippen LogP contribution in [0.4, 0.5) is 4.39 Å². The van der Waals surface area contributed by atoms with Gasteiger partial charge in [0.25, 0.3) is 5.91 Å². The highest BCUT2D eigenvalue weighted by Gasteiger charge is 2.31. The zero-order valence-electron chi connectivity index (χ0n) is 15.4. The van der Waals surface area contributed by atoms with Gasteiger partial charge in [0, 0.05) is 30.4 Å². The molecule has 0 unspecified atom stereocenters. The molecule has 1 saturated heterocycles. The molecule has 6 nitrogen and oxygen atoms in total. The molecule has 2 aromatic carbocycles. The first-order valence-corrected chi connectivity index (χ1v) is 9.01. The SMILES string of the molecule is COc1ccc2[nH]c(C(=O)N[C@@H]3CC(=O)N(Cc4ccc(F)cc4)C3)cc2c1. The van der Waals surface area contributed by atoms with E-state index in [2.05, 4.69) is 10.3 Å². The van der Waals surface area contributed by atoms with Crippen molar-refractivity contribution in [3.8, 4) is 5.75 Å². The Hall–Kier alpha value is -3.35. The van der Waals surface area contributed by atoms with E-state index < -0.39 is 0 Å². The number of ether oxygens (including phenoxy) is 1. The summed E-state index contributed by atoms with van der Waals surface area (Å²) in [6.45, 7) is 0.827. The molecule has 1 atom stereocenters. The minimum absolute atomic E-state index is 0.0315. The van der Waals surface area contributed by atoms with E-state index >= 15 is 0 Å². The summed E-state index contributed by atoms with van der Waals surface area (Å²) < 4.78 is 18.2. The number of nitrogens with zero attached hydrogens (tertiary/aromatic N) is 1. The maximum absolute atomic E-state index is 13.0. The second kappa shape index (κ2) is 7.34. The van der Waals surface area contributed by atoms with Crippen LogP contribution in [-0.2, 0) is 11.3 Å². The van der Waals surface area contributed by atoms with Crippen molar-refractivity contribution >= 4 is 22.7 Å². The fourth-order valence-electron chi connectivity index (χ4n) is 3.46. The number of amides is 2. The van der Waals surface area contributed by atoms with Gasteiger partial charge in [-0.1, -0.05) is 12.1 Å². The molecule has 0 bridgehead atoms. The third kappa shape index (κ3) is 3.69. The van der Waals surface area contributed by atoms with Gasteiger partial charge in [0.15, 0.2) is 0 Å². The van der Waals surface area contributed by atoms with Crippen molar-refractivity contribution in [1.29, 1.82) is 0 Å². The van der Waals surface area contributed by atoms with Crippen molar-refractivity contribution in [1.82, 2.24) is 15.2 Å². The first-order chi connectivity index (χ1) is 13.5. The van der Waals surface area contributed by atoms with Crippen molar-refractivity contribution in [2.75, 3.05) is 13.7 Å². The number of H-pyrrole nitrogens is 1. The molecule has 2 heterocycles. The highest BCUT2D eigenvalue weighted by atomic mass is 19.1. The van der Waals surface area contributed by atoms with Gasteiger partial charge in [0.1, 0.15) is 17.3 Å². The fraction of sp³-hybridized carbons (Fsp3) is 0.238. The lowest BCUT2D eigenvalue weighted by Crippen LogP contribution is -2.37. The number of benzene rings is 2. The number of nitrogens with one attached hydrogen (secondary N) is 2. The van der Waals surface area contributed by atoms with Crippen LogP contribution in [0.15, 0.2) is 48.5 Å². The standard InChI is InChI=1S/C21H20FN3O3/c1-28-17-6-7-18-14(8-17)9-19(24-18)21(27)23-16-10-20(26)25(12-16)11-13-2-4-15(22)5-3-13/h2-9,16,24H,10-12H2,1H3,(H,23,27)/t16-/m1/s1. The largest absolute Gasteiger partial charge is 0.497 e. The Morgan fingerprint density at radius 1 is 1.25 bits per heavy atom. The molecule has 1 aromatic heterocycles. The topological polar surface area (TPSA) is 74.4 Å². The van der Waals surface area contributed by atoms with Crippen LogP contribution < -0.4 is 10.1 Å². The molecule has 2 amide bonds. The molecule has 0 saturated carbocycles. The summed E-state index contributed by atoms with van der Waals surface area (Å²) in [5.74, 6) is 0.126. The van der Waals surface area contributed by atoms with Gasteiger partial charge >= 0.3 is 0 Å². The van der Waals surface area contributed by atoms with Gasteiger partial charge in [-0.3, -0.25) is 9.59 Å². The highest BCUT2D eigenvalue weighted by Crippen LogP contribution is 2.22. The summed E-state index contributed by atoms with van der Waals surface area (Å²) in [6, 6.07) is 13.1. The van der Waals surface area contributed by atoms with Crippen LogP contribution in [0, 0.1) is 5.82 Å². The predicted octanol–water partition coefficient (Wildman–Crippen LogP) is 2.85. The lowest BCUT2D eigenvalue weighted by atomic mass is 10.2. The van der Waals surface area contributed by atoms with Gasteiger partial charge in [0.2, 0.25) is 5.91 Å². The van der Waals surface area contributed by atoms with E-state index in [0.717, 1.165) is 22.2 Å². The van der Waals surface area contributed by atoms with Crippen LogP contribution in [0.2, 0.25) is 0 Å². The fourth-order valence-corrected chi connectivity index (χ4v) is 3.46. The summed E-state index contributed by atoms with van der Waals surface area (Å²) in [4.78, 5) is 29.6. The molecule has 0 spiro atoms. The van der Waals surface area contributed by atoms with E-state index in [4.69, 9.17) is 4.74 Å². The number of rotatable bonds is 5. The van der Waals surface area contributed by atoms with Crippen molar-refractivity contribution in [3.63, 3.8) is 0 Å². The van der Waals surface area contributed by atoms with Gasteiger partial charge in [-0.15, -0.1) is 0 Å². The van der Waals surface area contributed by atoms with Crippen LogP contribution in [0.5, 0.6) is 5.75 Å². The Morgan fingerprint density at radius 3 is 2.79 bits per heavy atom. The molecule has 4 rings (SSSR count). The number of aromatic nitrogens is 1. The molecule has 0 radical (unpaired) electrons. The summed E-state index contributed by atoms with van der Waals surface area (Å²) in [7, 11) is 1.59. The zero-order valence-corrected chi connectivity index (χ0v) is 15.4. The Labute approximate surface area is 161 Å². The smallest absolute Gasteiger partial charge is 0.268 e. The maximum Gasteiger partial charge on any atom is 0.268 e. The molecular weight excluding hydrogens is 361 g/mol. The average Bonchev–Trinajstić information content (AvgIpc) is 3.26. The molecule has 0 aliphatic carbocycles. The van der Waals surface area contributed by atoms with E-state index in [1.807, 2.05) is 18.2 Å². The molecule has 3 aromatic rings. The average molecular weight is 381 g/mol. The summed E-state index contributed by atoms with van der Waals surface area (Å²) in [5.41, 5.74) is 2.13. The van der Waals surface area contributed by atoms with Crippen LogP contribution in [0.1, 0.15) is 22.5 Å². The summed E-state index contributed by atoms with van der Waals surface area (Å²) >= 11 is 0. The van der Waals surface area contributed by atoms with E-state index in [9.17, 15) is 14.0 Å². The number of methoxy groups -OCH3 is 1. The molecule has 1 aliphatic heterocycles. The maximum atomic E-state index is 13.0. The van der Waals surface area contributed by atoms with Crippen LogP contribution in [0.3, 0.4) is 0 Å². The molecule has 28 heavy (non-hydrogen) atoms. The number of carbonyl (C=O) groups excluding carboxylic acids is 2. The Morgan fingerprint density at radius 2 is 2.04 bits per heavy atom. The number of carbonyl (C=O) groups is 2. The van der Waals surface area contributed by atoms with E-state index in [-0.39, 0.29) is 30.1 Å². The van der Waals surface area contributed by atoms with Gasteiger partial charge in [-0.05, 0) is 42.0 Å². The zero-order chi connectivity index (χ0) is 19.7. The normalized spacial score (nSPS) is 16.6. The quantitative estimate of drug-likeness (QED) is 0.714.